The highest BCUT2D eigenvalue weighted by atomic mass is 32.2. The number of benzene rings is 2. The third-order valence-corrected chi connectivity index (χ3v) is 6.30. The average molecular weight is 418 g/mol. The highest BCUT2D eigenvalue weighted by Gasteiger charge is 2.22. The topological polar surface area (TPSA) is 114 Å². The first-order valence-electron chi connectivity index (χ1n) is 9.46. The molecule has 0 radical (unpaired) electrons. The van der Waals surface area contributed by atoms with Crippen LogP contribution < -0.4 is 9.62 Å². The molecule has 8 heteroatoms. The summed E-state index contributed by atoms with van der Waals surface area (Å²) >= 11 is 0. The molecule has 0 bridgehead atoms. The molecular formula is C21H27N3O4S. The number of fused-ring (bicyclic) bond motifs is 1. The van der Waals surface area contributed by atoms with E-state index in [1.165, 1.54) is 0 Å². The zero-order valence-corrected chi connectivity index (χ0v) is 17.7. The lowest BCUT2D eigenvalue weighted by Crippen LogP contribution is -2.34. The second kappa shape index (κ2) is 9.85. The Morgan fingerprint density at radius 1 is 1.17 bits per heavy atom. The predicted octanol–water partition coefficient (Wildman–Crippen LogP) is 2.21. The number of aliphatic hydroxyl groups excluding tert-OH is 2. The lowest BCUT2D eigenvalue weighted by molar-refractivity contribution is 0.0989. The molecule has 0 amide bonds. The summed E-state index contributed by atoms with van der Waals surface area (Å²) in [5.74, 6) is 0. The Morgan fingerprint density at radius 2 is 1.79 bits per heavy atom. The Labute approximate surface area is 171 Å². The summed E-state index contributed by atoms with van der Waals surface area (Å²) < 4.78 is 27.1. The van der Waals surface area contributed by atoms with Crippen molar-refractivity contribution in [2.75, 3.05) is 31.1 Å². The van der Waals surface area contributed by atoms with Crippen molar-refractivity contribution in [3.8, 4) is 6.07 Å². The highest BCUT2D eigenvalue weighted by molar-refractivity contribution is 7.93. The third-order valence-electron chi connectivity index (χ3n) is 4.82. The van der Waals surface area contributed by atoms with E-state index in [0.29, 0.717) is 11.1 Å². The van der Waals surface area contributed by atoms with Crippen molar-refractivity contribution in [3.63, 3.8) is 0 Å². The second-order valence-corrected chi connectivity index (χ2v) is 8.38. The lowest BCUT2D eigenvalue weighted by Gasteiger charge is -2.21. The van der Waals surface area contributed by atoms with E-state index in [1.807, 2.05) is 24.3 Å². The number of nitrogens with one attached hydrogen (secondary N) is 1. The van der Waals surface area contributed by atoms with E-state index in [4.69, 9.17) is 5.11 Å². The molecule has 2 rings (SSSR count). The average Bonchev–Trinajstić information content (AvgIpc) is 2.72. The monoisotopic (exact) mass is 417 g/mol. The van der Waals surface area contributed by atoms with Crippen molar-refractivity contribution in [2.24, 2.45) is 0 Å². The quantitative estimate of drug-likeness (QED) is 0.539. The Morgan fingerprint density at radius 3 is 2.38 bits per heavy atom. The molecule has 0 saturated heterocycles. The fraction of sp³-hybridized carbons (Fsp3) is 0.381. The van der Waals surface area contributed by atoms with Crippen molar-refractivity contribution in [1.82, 2.24) is 4.72 Å². The van der Waals surface area contributed by atoms with Gasteiger partial charge in [-0.1, -0.05) is 18.2 Å². The number of anilines is 1. The van der Waals surface area contributed by atoms with E-state index in [1.54, 1.807) is 19.1 Å². The van der Waals surface area contributed by atoms with Crippen LogP contribution in [0.4, 0.5) is 5.69 Å². The van der Waals surface area contributed by atoms with Gasteiger partial charge in [0, 0.05) is 25.3 Å². The minimum atomic E-state index is -4.11. The van der Waals surface area contributed by atoms with Crippen molar-refractivity contribution in [1.29, 1.82) is 5.26 Å². The summed E-state index contributed by atoms with van der Waals surface area (Å²) in [6.45, 7) is 6.64. The van der Waals surface area contributed by atoms with E-state index in [9.17, 15) is 18.8 Å². The Kier molecular flexibility index (Phi) is 7.76. The molecule has 7 nitrogen and oxygen atoms in total. The van der Waals surface area contributed by atoms with Gasteiger partial charge in [0.2, 0.25) is 0 Å². The molecule has 3 N–H and O–H groups in total. The summed E-state index contributed by atoms with van der Waals surface area (Å²) in [6, 6.07) is 13.4. The van der Waals surface area contributed by atoms with Crippen molar-refractivity contribution in [2.45, 2.75) is 26.9 Å². The van der Waals surface area contributed by atoms with Crippen molar-refractivity contribution in [3.05, 3.63) is 46.9 Å². The smallest absolute Gasteiger partial charge is 0.251 e. The SMILES string of the molecule is CCN(CC)c1ccc2cc(C(C)=C(C#N)S(=O)(=O)NCC(O)CO)ccc2c1. The number of rotatable bonds is 9. The molecule has 0 aliphatic heterocycles. The maximum absolute atomic E-state index is 12.5. The fourth-order valence-corrected chi connectivity index (χ4v) is 4.27. The lowest BCUT2D eigenvalue weighted by atomic mass is 10.0. The van der Waals surface area contributed by atoms with Crippen LogP contribution in [0.15, 0.2) is 41.3 Å². The molecule has 1 atom stereocenters. The summed E-state index contributed by atoms with van der Waals surface area (Å²) in [5, 5.41) is 29.6. The summed E-state index contributed by atoms with van der Waals surface area (Å²) in [5.41, 5.74) is 2.06. The van der Waals surface area contributed by atoms with Gasteiger partial charge in [-0.3, -0.25) is 0 Å². The number of aliphatic hydroxyl groups is 2. The number of allylic oxidation sites excluding steroid dienone is 2. The largest absolute Gasteiger partial charge is 0.394 e. The zero-order chi connectivity index (χ0) is 21.6. The van der Waals surface area contributed by atoms with Gasteiger partial charge in [-0.25, -0.2) is 13.1 Å². The minimum Gasteiger partial charge on any atom is -0.394 e. The van der Waals surface area contributed by atoms with Crippen molar-refractivity contribution < 1.29 is 18.6 Å². The summed E-state index contributed by atoms with van der Waals surface area (Å²) in [4.78, 5) is 1.83. The molecular weight excluding hydrogens is 390 g/mol. The molecule has 1 unspecified atom stereocenters. The van der Waals surface area contributed by atoms with E-state index in [0.717, 1.165) is 29.5 Å². The van der Waals surface area contributed by atoms with E-state index < -0.39 is 27.6 Å². The van der Waals surface area contributed by atoms with Crippen LogP contribution in [0.25, 0.3) is 16.3 Å². The number of hydrogen-bond donors (Lipinski definition) is 3. The van der Waals surface area contributed by atoms with Crippen LogP contribution in [-0.4, -0.2) is 51.0 Å². The molecule has 0 heterocycles. The summed E-state index contributed by atoms with van der Waals surface area (Å²) in [6.07, 6.45) is -1.23. The Balaban J connectivity index is 2.43. The van der Waals surface area contributed by atoms with Crippen LogP contribution in [0, 0.1) is 11.3 Å². The van der Waals surface area contributed by atoms with Gasteiger partial charge in [0.15, 0.2) is 4.91 Å². The molecule has 2 aromatic carbocycles. The van der Waals surface area contributed by atoms with Gasteiger partial charge in [0.25, 0.3) is 10.0 Å². The molecule has 0 aliphatic rings. The van der Waals surface area contributed by atoms with E-state index in [2.05, 4.69) is 29.5 Å². The van der Waals surface area contributed by atoms with Gasteiger partial charge in [-0.05, 0) is 60.9 Å². The molecule has 2 aromatic rings. The first kappa shape index (κ1) is 22.8. The van der Waals surface area contributed by atoms with Crippen LogP contribution in [0.1, 0.15) is 26.3 Å². The first-order valence-corrected chi connectivity index (χ1v) is 10.9. The number of nitriles is 1. The standard InChI is InChI=1S/C21H27N3O4S/c1-4-24(5-2)19-9-8-17-10-16(6-7-18(17)11-19)15(3)21(12-22)29(27,28)23-13-20(26)14-25/h6-11,20,23,25-26H,4-5,13-14H2,1-3H3. The van der Waals surface area contributed by atoms with Crippen molar-refractivity contribution >= 4 is 32.1 Å². The normalized spacial score (nSPS) is 13.7. The molecule has 0 aromatic heterocycles. The van der Waals surface area contributed by atoms with Crippen LogP contribution >= 0.6 is 0 Å². The fourth-order valence-electron chi connectivity index (χ4n) is 3.07. The second-order valence-electron chi connectivity index (χ2n) is 6.67. The molecule has 0 saturated carbocycles. The minimum absolute atomic E-state index is 0.313. The first-order chi connectivity index (χ1) is 13.8. The zero-order valence-electron chi connectivity index (χ0n) is 16.9. The number of sulfonamides is 1. The molecule has 29 heavy (non-hydrogen) atoms. The molecule has 0 aliphatic carbocycles. The highest BCUT2D eigenvalue weighted by Crippen LogP contribution is 2.28. The van der Waals surface area contributed by atoms with Crippen LogP contribution in [0.2, 0.25) is 0 Å². The predicted molar refractivity (Wildman–Crippen MR) is 116 cm³/mol. The number of nitrogens with zero attached hydrogens (tertiary/aromatic N) is 2. The van der Waals surface area contributed by atoms with Gasteiger partial charge in [-0.15, -0.1) is 0 Å². The van der Waals surface area contributed by atoms with E-state index >= 15 is 0 Å². The van der Waals surface area contributed by atoms with Gasteiger partial charge < -0.3 is 15.1 Å². The molecule has 156 valence electrons. The van der Waals surface area contributed by atoms with Gasteiger partial charge in [0.05, 0.1) is 12.7 Å². The van der Waals surface area contributed by atoms with Crippen LogP contribution in [0.5, 0.6) is 0 Å². The van der Waals surface area contributed by atoms with Crippen LogP contribution in [0.3, 0.4) is 0 Å². The Bertz CT molecular complexity index is 1040. The van der Waals surface area contributed by atoms with Crippen LogP contribution in [-0.2, 0) is 10.0 Å². The van der Waals surface area contributed by atoms with E-state index in [-0.39, 0.29) is 6.54 Å². The summed E-state index contributed by atoms with van der Waals surface area (Å²) in [7, 11) is -4.11. The number of hydrogen-bond acceptors (Lipinski definition) is 6. The maximum Gasteiger partial charge on any atom is 0.251 e. The third kappa shape index (κ3) is 5.34. The maximum atomic E-state index is 12.5. The Hall–Kier alpha value is -2.44. The van der Waals surface area contributed by atoms with Gasteiger partial charge in [0.1, 0.15) is 6.07 Å². The van der Waals surface area contributed by atoms with Gasteiger partial charge >= 0.3 is 0 Å². The molecule has 0 spiro atoms. The molecule has 0 fully saturated rings. The van der Waals surface area contributed by atoms with Gasteiger partial charge in [-0.2, -0.15) is 5.26 Å².